The van der Waals surface area contributed by atoms with Crippen LogP contribution in [0.5, 0.6) is 0 Å². The fraction of sp³-hybridized carbons (Fsp3) is 0.846. The molecule has 0 aromatic carbocycles. The largest absolute Gasteiger partial charge is 0.377 e. The van der Waals surface area contributed by atoms with Gasteiger partial charge in [-0.25, -0.2) is 4.68 Å². The van der Waals surface area contributed by atoms with Crippen LogP contribution in [0.3, 0.4) is 0 Å². The fourth-order valence-electron chi connectivity index (χ4n) is 2.44. The van der Waals surface area contributed by atoms with E-state index in [1.165, 1.54) is 0 Å². The van der Waals surface area contributed by atoms with E-state index in [0.717, 1.165) is 25.7 Å². The van der Waals surface area contributed by atoms with Gasteiger partial charge in [0.05, 0.1) is 25.2 Å². The summed E-state index contributed by atoms with van der Waals surface area (Å²) in [7, 11) is 0. The Labute approximate surface area is 118 Å². The molecule has 1 aliphatic heterocycles. The molecule has 1 amide bonds. The number of hydrogen-bond donors (Lipinski definition) is 1. The molecule has 1 aromatic rings. The Kier molecular flexibility index (Phi) is 3.45. The molecule has 1 unspecified atom stereocenters. The molecule has 7 nitrogen and oxygen atoms in total. The molecule has 2 aliphatic rings. The Bertz CT molecular complexity index is 485. The van der Waals surface area contributed by atoms with Crippen LogP contribution < -0.4 is 5.32 Å². The van der Waals surface area contributed by atoms with Crippen molar-refractivity contribution >= 4 is 11.9 Å². The van der Waals surface area contributed by atoms with Gasteiger partial charge in [-0.05, 0) is 41.5 Å². The fourth-order valence-corrected chi connectivity index (χ4v) is 2.44. The summed E-state index contributed by atoms with van der Waals surface area (Å²) >= 11 is 0. The number of ether oxygens (including phenoxy) is 1. The van der Waals surface area contributed by atoms with Gasteiger partial charge in [-0.2, -0.15) is 0 Å². The van der Waals surface area contributed by atoms with Crippen LogP contribution in [0.4, 0.5) is 5.95 Å². The standard InChI is InChI=1S/C13H21N5O2/c1-13(2)6-5-10(20-8-13)7-11(19)14-12-15-16-17-18(12)9-3-4-9/h9-10H,3-8H2,1-2H3,(H,14,15,17,19). The zero-order chi connectivity index (χ0) is 14.2. The first-order valence-corrected chi connectivity index (χ1v) is 7.23. The van der Waals surface area contributed by atoms with E-state index in [9.17, 15) is 4.79 Å². The third-order valence-electron chi connectivity index (χ3n) is 3.90. The van der Waals surface area contributed by atoms with E-state index < -0.39 is 0 Å². The SMILES string of the molecule is CC1(C)CCC(CC(=O)Nc2nnnn2C2CC2)OC1. The lowest BCUT2D eigenvalue weighted by Crippen LogP contribution is -2.34. The van der Waals surface area contributed by atoms with Crippen molar-refractivity contribution in [2.45, 2.75) is 58.1 Å². The number of carbonyl (C=O) groups excluding carboxylic acids is 1. The molecule has 1 aliphatic carbocycles. The highest BCUT2D eigenvalue weighted by atomic mass is 16.5. The van der Waals surface area contributed by atoms with Crippen LogP contribution in [-0.4, -0.2) is 38.8 Å². The molecular formula is C13H21N5O2. The minimum atomic E-state index is -0.0774. The predicted molar refractivity (Wildman–Crippen MR) is 72.1 cm³/mol. The van der Waals surface area contributed by atoms with Crippen molar-refractivity contribution in [3.05, 3.63) is 0 Å². The van der Waals surface area contributed by atoms with Crippen molar-refractivity contribution in [2.75, 3.05) is 11.9 Å². The smallest absolute Gasteiger partial charge is 0.249 e. The van der Waals surface area contributed by atoms with Crippen LogP contribution in [0.1, 0.15) is 52.0 Å². The van der Waals surface area contributed by atoms with Gasteiger partial charge in [0.2, 0.25) is 11.9 Å². The third kappa shape index (κ3) is 3.15. The number of hydrogen-bond acceptors (Lipinski definition) is 5. The van der Waals surface area contributed by atoms with Gasteiger partial charge < -0.3 is 4.74 Å². The van der Waals surface area contributed by atoms with Crippen LogP contribution in [0.2, 0.25) is 0 Å². The normalized spacial score (nSPS) is 25.4. The number of rotatable bonds is 4. The molecule has 110 valence electrons. The molecule has 20 heavy (non-hydrogen) atoms. The second-order valence-corrected chi connectivity index (χ2v) is 6.57. The van der Waals surface area contributed by atoms with Crippen LogP contribution in [0, 0.1) is 5.41 Å². The third-order valence-corrected chi connectivity index (χ3v) is 3.90. The molecule has 1 atom stereocenters. The number of nitrogens with one attached hydrogen (secondary N) is 1. The highest BCUT2D eigenvalue weighted by Crippen LogP contribution is 2.35. The molecule has 0 radical (unpaired) electrons. The lowest BCUT2D eigenvalue weighted by Gasteiger charge is -2.34. The molecule has 7 heteroatoms. The summed E-state index contributed by atoms with van der Waals surface area (Å²) in [6.45, 7) is 5.09. The zero-order valence-corrected chi connectivity index (χ0v) is 12.0. The molecule has 1 N–H and O–H groups in total. The maximum Gasteiger partial charge on any atom is 0.249 e. The Balaban J connectivity index is 1.51. The number of aromatic nitrogens is 4. The van der Waals surface area contributed by atoms with Gasteiger partial charge in [0.15, 0.2) is 0 Å². The molecule has 1 aromatic heterocycles. The number of nitrogens with zero attached hydrogens (tertiary/aromatic N) is 4. The zero-order valence-electron chi connectivity index (χ0n) is 12.0. The maximum absolute atomic E-state index is 12.0. The topological polar surface area (TPSA) is 81.9 Å². The quantitative estimate of drug-likeness (QED) is 0.904. The van der Waals surface area contributed by atoms with Gasteiger partial charge in [0.1, 0.15) is 0 Å². The minimum Gasteiger partial charge on any atom is -0.377 e. The summed E-state index contributed by atoms with van der Waals surface area (Å²) in [4.78, 5) is 12.0. The van der Waals surface area contributed by atoms with E-state index in [2.05, 4.69) is 34.7 Å². The first-order chi connectivity index (χ1) is 9.53. The lowest BCUT2D eigenvalue weighted by molar-refractivity contribution is -0.122. The van der Waals surface area contributed by atoms with Gasteiger partial charge in [-0.1, -0.05) is 18.9 Å². The van der Waals surface area contributed by atoms with E-state index in [4.69, 9.17) is 4.74 Å². The summed E-state index contributed by atoms with van der Waals surface area (Å²) in [5, 5.41) is 14.2. The molecule has 2 heterocycles. The van der Waals surface area contributed by atoms with Gasteiger partial charge in [-0.15, -0.1) is 0 Å². The number of carbonyl (C=O) groups is 1. The van der Waals surface area contributed by atoms with Crippen molar-refractivity contribution < 1.29 is 9.53 Å². The Hall–Kier alpha value is -1.50. The van der Waals surface area contributed by atoms with Gasteiger partial charge >= 0.3 is 0 Å². The number of tetrazole rings is 1. The maximum atomic E-state index is 12.0. The van der Waals surface area contributed by atoms with Crippen LogP contribution in [0.25, 0.3) is 0 Å². The molecule has 3 rings (SSSR count). The summed E-state index contributed by atoms with van der Waals surface area (Å²) in [6.07, 6.45) is 4.55. The summed E-state index contributed by atoms with van der Waals surface area (Å²) in [5.74, 6) is 0.375. The first kappa shape index (κ1) is 13.5. The van der Waals surface area contributed by atoms with Gasteiger partial charge in [0.25, 0.3) is 0 Å². The first-order valence-electron chi connectivity index (χ1n) is 7.23. The van der Waals surface area contributed by atoms with E-state index in [-0.39, 0.29) is 17.4 Å². The molecule has 0 spiro atoms. The number of anilines is 1. The van der Waals surface area contributed by atoms with Gasteiger partial charge in [-0.3, -0.25) is 10.1 Å². The highest BCUT2D eigenvalue weighted by molar-refractivity contribution is 5.89. The summed E-state index contributed by atoms with van der Waals surface area (Å²) in [5.41, 5.74) is 0.225. The van der Waals surface area contributed by atoms with Crippen LogP contribution >= 0.6 is 0 Å². The average Bonchev–Trinajstić information content (AvgIpc) is 3.13. The summed E-state index contributed by atoms with van der Waals surface area (Å²) in [6, 6.07) is 0.354. The second-order valence-electron chi connectivity index (χ2n) is 6.57. The monoisotopic (exact) mass is 279 g/mol. The van der Waals surface area contributed by atoms with Crippen LogP contribution in [0.15, 0.2) is 0 Å². The molecule has 2 fully saturated rings. The Morgan fingerprint density at radius 3 is 2.90 bits per heavy atom. The van der Waals surface area contributed by atoms with E-state index >= 15 is 0 Å². The Morgan fingerprint density at radius 2 is 2.25 bits per heavy atom. The lowest BCUT2D eigenvalue weighted by atomic mass is 9.85. The van der Waals surface area contributed by atoms with Crippen molar-refractivity contribution in [1.82, 2.24) is 20.2 Å². The Morgan fingerprint density at radius 1 is 1.45 bits per heavy atom. The van der Waals surface area contributed by atoms with Crippen molar-refractivity contribution in [3.8, 4) is 0 Å². The van der Waals surface area contributed by atoms with Crippen molar-refractivity contribution in [1.29, 1.82) is 0 Å². The van der Waals surface area contributed by atoms with E-state index in [1.807, 2.05) is 0 Å². The highest BCUT2D eigenvalue weighted by Gasteiger charge is 2.30. The molecule has 0 bridgehead atoms. The van der Waals surface area contributed by atoms with Crippen molar-refractivity contribution in [2.24, 2.45) is 5.41 Å². The van der Waals surface area contributed by atoms with Gasteiger partial charge in [0, 0.05) is 0 Å². The average molecular weight is 279 g/mol. The van der Waals surface area contributed by atoms with Crippen LogP contribution in [-0.2, 0) is 9.53 Å². The van der Waals surface area contributed by atoms with E-state index in [1.54, 1.807) is 4.68 Å². The second kappa shape index (κ2) is 5.12. The number of amides is 1. The van der Waals surface area contributed by atoms with E-state index in [0.29, 0.717) is 25.0 Å². The molecule has 1 saturated carbocycles. The minimum absolute atomic E-state index is 0.00767. The molecular weight excluding hydrogens is 258 g/mol. The summed E-state index contributed by atoms with van der Waals surface area (Å²) < 4.78 is 7.45. The molecule has 1 saturated heterocycles. The van der Waals surface area contributed by atoms with Crippen molar-refractivity contribution in [3.63, 3.8) is 0 Å². The predicted octanol–water partition coefficient (Wildman–Crippen LogP) is 1.54.